The van der Waals surface area contributed by atoms with Crippen LogP contribution >= 0.6 is 11.8 Å². The zero-order valence-electron chi connectivity index (χ0n) is 16.8. The largest absolute Gasteiger partial charge is 0.508 e. The molecule has 1 N–H and O–H groups in total. The lowest BCUT2D eigenvalue weighted by atomic mass is 9.88. The summed E-state index contributed by atoms with van der Waals surface area (Å²) in [5.41, 5.74) is 5.17. The second-order valence-electron chi connectivity index (χ2n) is 8.51. The SMILES string of the molecule is CC1=CC(C)(C)N2C(=O)[C@]3(SCC(=O)N3c3ccc(O)cc3)c3cc(C)cc1c32. The van der Waals surface area contributed by atoms with Gasteiger partial charge in [-0.25, -0.2) is 0 Å². The molecule has 2 aromatic carbocycles. The van der Waals surface area contributed by atoms with Crippen molar-refractivity contribution in [1.82, 2.24) is 0 Å². The molecule has 0 saturated carbocycles. The number of benzene rings is 2. The summed E-state index contributed by atoms with van der Waals surface area (Å²) in [6.07, 6.45) is 2.13. The molecule has 0 radical (unpaired) electrons. The van der Waals surface area contributed by atoms with Crippen molar-refractivity contribution in [3.8, 4) is 5.75 Å². The van der Waals surface area contributed by atoms with Crippen LogP contribution in [0.1, 0.15) is 37.5 Å². The first-order chi connectivity index (χ1) is 13.7. The van der Waals surface area contributed by atoms with Crippen molar-refractivity contribution in [2.75, 3.05) is 15.6 Å². The highest BCUT2D eigenvalue weighted by atomic mass is 32.2. The van der Waals surface area contributed by atoms with Gasteiger partial charge >= 0.3 is 0 Å². The van der Waals surface area contributed by atoms with Gasteiger partial charge in [-0.2, -0.15) is 0 Å². The van der Waals surface area contributed by atoms with E-state index in [1.807, 2.05) is 31.7 Å². The van der Waals surface area contributed by atoms with Gasteiger partial charge < -0.3 is 5.11 Å². The number of phenols is 1. The molecular weight excluding hydrogens is 384 g/mol. The van der Waals surface area contributed by atoms with Crippen LogP contribution in [0.5, 0.6) is 5.75 Å². The summed E-state index contributed by atoms with van der Waals surface area (Å²) < 4.78 is 0. The maximum Gasteiger partial charge on any atom is 0.269 e. The third kappa shape index (κ3) is 2.23. The van der Waals surface area contributed by atoms with Crippen LogP contribution in [0.25, 0.3) is 5.57 Å². The van der Waals surface area contributed by atoms with Gasteiger partial charge in [-0.3, -0.25) is 19.4 Å². The van der Waals surface area contributed by atoms with Crippen LogP contribution in [-0.2, 0) is 14.5 Å². The van der Waals surface area contributed by atoms with E-state index in [1.165, 1.54) is 11.8 Å². The fraction of sp³-hybridized carbons (Fsp3) is 0.304. The molecule has 1 spiro atoms. The molecule has 0 unspecified atom stereocenters. The number of rotatable bonds is 1. The van der Waals surface area contributed by atoms with Crippen molar-refractivity contribution in [2.45, 2.75) is 38.1 Å². The van der Waals surface area contributed by atoms with E-state index in [-0.39, 0.29) is 23.3 Å². The van der Waals surface area contributed by atoms with Crippen LogP contribution < -0.4 is 9.80 Å². The molecule has 1 saturated heterocycles. The fourth-order valence-electron chi connectivity index (χ4n) is 4.92. The zero-order chi connectivity index (χ0) is 20.7. The van der Waals surface area contributed by atoms with Gasteiger partial charge in [-0.05, 0) is 69.2 Å². The number of anilines is 2. The monoisotopic (exact) mass is 406 g/mol. The van der Waals surface area contributed by atoms with E-state index in [0.29, 0.717) is 5.69 Å². The number of thioether (sulfide) groups is 1. The van der Waals surface area contributed by atoms with Gasteiger partial charge in [0.25, 0.3) is 5.91 Å². The van der Waals surface area contributed by atoms with Crippen molar-refractivity contribution < 1.29 is 14.7 Å². The van der Waals surface area contributed by atoms with E-state index in [2.05, 4.69) is 19.1 Å². The van der Waals surface area contributed by atoms with E-state index in [1.54, 1.807) is 29.2 Å². The molecule has 3 heterocycles. The van der Waals surface area contributed by atoms with Gasteiger partial charge in [-0.15, -0.1) is 11.8 Å². The van der Waals surface area contributed by atoms with Gasteiger partial charge in [-0.1, -0.05) is 12.1 Å². The Morgan fingerprint density at radius 2 is 1.72 bits per heavy atom. The average molecular weight is 407 g/mol. The Hall–Kier alpha value is -2.73. The highest BCUT2D eigenvalue weighted by molar-refractivity contribution is 8.02. The number of allylic oxidation sites excluding steroid dienone is 1. The zero-order valence-corrected chi connectivity index (χ0v) is 17.6. The first-order valence-electron chi connectivity index (χ1n) is 9.62. The second kappa shape index (κ2) is 5.66. The number of carbonyl (C=O) groups is 2. The number of hydrogen-bond donors (Lipinski definition) is 1. The van der Waals surface area contributed by atoms with Crippen molar-refractivity contribution >= 4 is 40.5 Å². The van der Waals surface area contributed by atoms with Gasteiger partial charge in [0.05, 0.1) is 17.0 Å². The van der Waals surface area contributed by atoms with E-state index >= 15 is 0 Å². The van der Waals surface area contributed by atoms with Crippen LogP contribution in [0.3, 0.4) is 0 Å². The predicted molar refractivity (Wildman–Crippen MR) is 116 cm³/mol. The summed E-state index contributed by atoms with van der Waals surface area (Å²) in [5.74, 6) is 0.165. The minimum Gasteiger partial charge on any atom is -0.508 e. The molecule has 0 aromatic heterocycles. The van der Waals surface area contributed by atoms with Crippen LogP contribution in [0.15, 0.2) is 42.5 Å². The summed E-state index contributed by atoms with van der Waals surface area (Å²) >= 11 is 1.38. The molecule has 2 aromatic rings. The summed E-state index contributed by atoms with van der Waals surface area (Å²) in [6, 6.07) is 10.7. The highest BCUT2D eigenvalue weighted by Gasteiger charge is 2.64. The third-order valence-electron chi connectivity index (χ3n) is 5.98. The number of aromatic hydroxyl groups is 1. The summed E-state index contributed by atoms with van der Waals surface area (Å²) in [4.78, 5) is 29.5. The lowest BCUT2D eigenvalue weighted by Gasteiger charge is -2.40. The molecule has 148 valence electrons. The Kier molecular flexibility index (Phi) is 3.57. The molecule has 5 nitrogen and oxygen atoms in total. The molecule has 1 atom stereocenters. The fourth-order valence-corrected chi connectivity index (χ4v) is 6.25. The molecule has 29 heavy (non-hydrogen) atoms. The lowest BCUT2D eigenvalue weighted by Crippen LogP contribution is -2.54. The molecule has 3 aliphatic heterocycles. The number of fused-ring (bicyclic) bond motifs is 1. The summed E-state index contributed by atoms with van der Waals surface area (Å²) in [7, 11) is 0. The molecule has 3 aliphatic rings. The second-order valence-corrected chi connectivity index (χ2v) is 9.68. The summed E-state index contributed by atoms with van der Waals surface area (Å²) in [6.45, 7) is 8.17. The van der Waals surface area contributed by atoms with Crippen molar-refractivity contribution in [3.63, 3.8) is 0 Å². The van der Waals surface area contributed by atoms with Crippen LogP contribution in [0, 0.1) is 6.92 Å². The number of carbonyl (C=O) groups excluding carboxylic acids is 2. The maximum absolute atomic E-state index is 14.1. The van der Waals surface area contributed by atoms with Crippen molar-refractivity contribution in [2.24, 2.45) is 0 Å². The van der Waals surface area contributed by atoms with E-state index in [9.17, 15) is 14.7 Å². The number of aryl methyl sites for hydroxylation is 1. The smallest absolute Gasteiger partial charge is 0.269 e. The Bertz CT molecular complexity index is 1120. The standard InChI is InChI=1S/C23H22N2O3S/c1-13-9-17-14(2)11-22(3,4)25-20(17)18(10-13)23(21(25)28)24(19(27)12-29-23)15-5-7-16(26)8-6-15/h5-11,26H,12H2,1-4H3/t23-/m1/s1. The molecule has 2 amide bonds. The number of nitrogens with zero attached hydrogens (tertiary/aromatic N) is 2. The average Bonchev–Trinajstić information content (AvgIpc) is 3.11. The van der Waals surface area contributed by atoms with Gasteiger partial charge in [0, 0.05) is 16.8 Å². The number of amides is 2. The number of hydrogen-bond acceptors (Lipinski definition) is 4. The van der Waals surface area contributed by atoms with E-state index in [4.69, 9.17) is 0 Å². The van der Waals surface area contributed by atoms with Gasteiger partial charge in [0.1, 0.15) is 5.75 Å². The first-order valence-corrected chi connectivity index (χ1v) is 10.6. The molecule has 0 aliphatic carbocycles. The Balaban J connectivity index is 1.82. The van der Waals surface area contributed by atoms with Crippen LogP contribution in [0.2, 0.25) is 0 Å². The Morgan fingerprint density at radius 1 is 1.03 bits per heavy atom. The maximum atomic E-state index is 14.1. The quantitative estimate of drug-likeness (QED) is 0.772. The highest BCUT2D eigenvalue weighted by Crippen LogP contribution is 2.60. The van der Waals surface area contributed by atoms with E-state index in [0.717, 1.165) is 28.0 Å². The Morgan fingerprint density at radius 3 is 2.41 bits per heavy atom. The normalized spacial score (nSPS) is 24.3. The van der Waals surface area contributed by atoms with Gasteiger partial charge in [0.15, 0.2) is 0 Å². The summed E-state index contributed by atoms with van der Waals surface area (Å²) in [5, 5.41) is 9.70. The third-order valence-corrected chi connectivity index (χ3v) is 7.37. The molecular formula is C23H22N2O3S. The number of phenolic OH excluding ortho intramolecular Hbond substituents is 1. The Labute approximate surface area is 174 Å². The van der Waals surface area contributed by atoms with Crippen LogP contribution in [0.4, 0.5) is 11.4 Å². The van der Waals surface area contributed by atoms with Gasteiger partial charge in [0.2, 0.25) is 10.8 Å². The topological polar surface area (TPSA) is 60.9 Å². The lowest BCUT2D eigenvalue weighted by molar-refractivity contribution is -0.124. The molecule has 0 bridgehead atoms. The van der Waals surface area contributed by atoms with Crippen molar-refractivity contribution in [1.29, 1.82) is 0 Å². The van der Waals surface area contributed by atoms with Crippen molar-refractivity contribution in [3.05, 3.63) is 59.2 Å². The first kappa shape index (κ1) is 18.3. The minimum absolute atomic E-state index is 0.0861. The predicted octanol–water partition coefficient (Wildman–Crippen LogP) is 4.18. The molecule has 1 fully saturated rings. The molecule has 5 rings (SSSR count). The van der Waals surface area contributed by atoms with Crippen LogP contribution in [-0.4, -0.2) is 28.2 Å². The van der Waals surface area contributed by atoms with E-state index < -0.39 is 10.4 Å². The minimum atomic E-state index is -1.13. The molecule has 6 heteroatoms.